The zero-order valence-electron chi connectivity index (χ0n) is 11.8. The number of rotatable bonds is 2. The molecule has 1 aliphatic heterocycles. The van der Waals surface area contributed by atoms with Crippen molar-refractivity contribution >= 4 is 11.7 Å². The molecule has 2 bridgehead atoms. The van der Waals surface area contributed by atoms with Crippen LogP contribution in [0.3, 0.4) is 0 Å². The lowest BCUT2D eigenvalue weighted by atomic mass is 9.77. The molecule has 2 heterocycles. The number of pyridine rings is 1. The Labute approximate surface area is 119 Å². The normalized spacial score (nSPS) is 25.1. The Hall–Kier alpha value is -1.84. The first-order valence-corrected chi connectivity index (χ1v) is 7.29. The molecule has 1 saturated heterocycles. The fourth-order valence-electron chi connectivity index (χ4n) is 3.31. The number of hydrogen-bond donors (Lipinski definition) is 0. The van der Waals surface area contributed by atoms with Crippen LogP contribution in [0.4, 0.5) is 4.79 Å². The van der Waals surface area contributed by atoms with E-state index in [-0.39, 0.29) is 6.09 Å². The number of allylic oxidation sites excluding steroid dienone is 1. The van der Waals surface area contributed by atoms with Crippen LogP contribution in [0, 0.1) is 11.8 Å². The van der Waals surface area contributed by atoms with Gasteiger partial charge in [0, 0.05) is 25.5 Å². The van der Waals surface area contributed by atoms with E-state index < -0.39 is 0 Å². The molecule has 0 saturated carbocycles. The van der Waals surface area contributed by atoms with E-state index >= 15 is 0 Å². The van der Waals surface area contributed by atoms with Gasteiger partial charge >= 0.3 is 6.09 Å². The van der Waals surface area contributed by atoms with Crippen molar-refractivity contribution in [2.75, 3.05) is 19.7 Å². The number of aromatic nitrogens is 1. The van der Waals surface area contributed by atoms with E-state index in [2.05, 4.69) is 17.1 Å². The van der Waals surface area contributed by atoms with E-state index in [1.165, 1.54) is 17.6 Å². The average Bonchev–Trinajstić information content (AvgIpc) is 2.47. The summed E-state index contributed by atoms with van der Waals surface area (Å²) < 4.78 is 5.11. The van der Waals surface area contributed by atoms with Gasteiger partial charge in [-0.1, -0.05) is 12.1 Å². The Balaban J connectivity index is 1.75. The van der Waals surface area contributed by atoms with E-state index in [1.807, 2.05) is 24.1 Å². The van der Waals surface area contributed by atoms with Crippen molar-refractivity contribution in [2.45, 2.75) is 19.8 Å². The highest BCUT2D eigenvalue weighted by molar-refractivity contribution is 5.69. The zero-order valence-corrected chi connectivity index (χ0v) is 11.8. The molecule has 0 aromatic carbocycles. The fraction of sp³-hybridized carbons (Fsp3) is 0.500. The number of carbonyl (C=O) groups is 1. The monoisotopic (exact) mass is 272 g/mol. The Morgan fingerprint density at radius 1 is 1.50 bits per heavy atom. The quantitative estimate of drug-likeness (QED) is 0.831. The summed E-state index contributed by atoms with van der Waals surface area (Å²) in [4.78, 5) is 17.9. The third-order valence-electron chi connectivity index (χ3n) is 4.07. The van der Waals surface area contributed by atoms with Crippen LogP contribution < -0.4 is 0 Å². The molecule has 3 rings (SSSR count). The third-order valence-corrected chi connectivity index (χ3v) is 4.07. The van der Waals surface area contributed by atoms with Crippen LogP contribution in [0.5, 0.6) is 0 Å². The first-order chi connectivity index (χ1) is 9.76. The van der Waals surface area contributed by atoms with Gasteiger partial charge in [-0.25, -0.2) is 4.79 Å². The van der Waals surface area contributed by atoms with Crippen molar-refractivity contribution in [2.24, 2.45) is 11.8 Å². The lowest BCUT2D eigenvalue weighted by Crippen LogP contribution is -2.45. The second-order valence-electron chi connectivity index (χ2n) is 5.60. The number of fused-ring (bicyclic) bond motifs is 2. The van der Waals surface area contributed by atoms with E-state index in [0.29, 0.717) is 18.4 Å². The molecule has 1 fully saturated rings. The minimum absolute atomic E-state index is 0.166. The molecule has 4 nitrogen and oxygen atoms in total. The zero-order chi connectivity index (χ0) is 13.9. The standard InChI is InChI=1S/C16H20N2O2/c1-2-20-16(19)18-10-12-6-13(11-18)8-15(7-12)14-4-3-5-17-9-14/h3-5,7,9,12-13H,2,6,8,10-11H2,1H3. The van der Waals surface area contributed by atoms with Gasteiger partial charge in [0.25, 0.3) is 0 Å². The van der Waals surface area contributed by atoms with Crippen LogP contribution in [0.15, 0.2) is 30.6 Å². The Bertz CT molecular complexity index is 512. The van der Waals surface area contributed by atoms with Crippen LogP contribution in [-0.4, -0.2) is 35.7 Å². The Morgan fingerprint density at radius 3 is 3.10 bits per heavy atom. The van der Waals surface area contributed by atoms with E-state index in [9.17, 15) is 4.79 Å². The molecule has 1 aromatic rings. The minimum Gasteiger partial charge on any atom is -0.450 e. The maximum absolute atomic E-state index is 11.9. The molecule has 2 unspecified atom stereocenters. The maximum atomic E-state index is 11.9. The van der Waals surface area contributed by atoms with E-state index in [0.717, 1.165) is 19.5 Å². The molecule has 0 spiro atoms. The van der Waals surface area contributed by atoms with Crippen LogP contribution >= 0.6 is 0 Å². The van der Waals surface area contributed by atoms with E-state index in [1.54, 1.807) is 6.20 Å². The molecule has 1 aliphatic carbocycles. The topological polar surface area (TPSA) is 42.4 Å². The summed E-state index contributed by atoms with van der Waals surface area (Å²) in [6.45, 7) is 3.89. The summed E-state index contributed by atoms with van der Waals surface area (Å²) >= 11 is 0. The number of amides is 1. The molecular weight excluding hydrogens is 252 g/mol. The van der Waals surface area contributed by atoms with Crippen LogP contribution in [0.2, 0.25) is 0 Å². The van der Waals surface area contributed by atoms with Gasteiger partial charge in [0.1, 0.15) is 0 Å². The van der Waals surface area contributed by atoms with Gasteiger partial charge in [-0.2, -0.15) is 0 Å². The van der Waals surface area contributed by atoms with Crippen molar-refractivity contribution in [1.29, 1.82) is 0 Å². The molecule has 106 valence electrons. The van der Waals surface area contributed by atoms with Crippen molar-refractivity contribution < 1.29 is 9.53 Å². The largest absolute Gasteiger partial charge is 0.450 e. The van der Waals surface area contributed by atoms with Gasteiger partial charge in [-0.05, 0) is 48.8 Å². The molecule has 1 amide bonds. The molecule has 0 N–H and O–H groups in total. The van der Waals surface area contributed by atoms with Gasteiger partial charge in [-0.15, -0.1) is 0 Å². The smallest absolute Gasteiger partial charge is 0.409 e. The van der Waals surface area contributed by atoms with Gasteiger partial charge in [0.05, 0.1) is 6.61 Å². The Morgan fingerprint density at radius 2 is 2.40 bits per heavy atom. The summed E-state index contributed by atoms with van der Waals surface area (Å²) in [5, 5.41) is 0. The van der Waals surface area contributed by atoms with Gasteiger partial charge in [0.2, 0.25) is 0 Å². The lowest BCUT2D eigenvalue weighted by molar-refractivity contribution is 0.0780. The predicted molar refractivity (Wildman–Crippen MR) is 77.0 cm³/mol. The van der Waals surface area contributed by atoms with Gasteiger partial charge in [0.15, 0.2) is 0 Å². The summed E-state index contributed by atoms with van der Waals surface area (Å²) in [7, 11) is 0. The molecule has 1 aromatic heterocycles. The Kier molecular flexibility index (Phi) is 3.72. The third kappa shape index (κ3) is 2.69. The van der Waals surface area contributed by atoms with Crippen LogP contribution in [-0.2, 0) is 4.74 Å². The number of piperidine rings is 1. The van der Waals surface area contributed by atoms with E-state index in [4.69, 9.17) is 4.74 Å². The first kappa shape index (κ1) is 13.2. The first-order valence-electron chi connectivity index (χ1n) is 7.29. The second-order valence-corrected chi connectivity index (χ2v) is 5.60. The second kappa shape index (κ2) is 5.65. The summed E-state index contributed by atoms with van der Waals surface area (Å²) in [6.07, 6.45) is 8.09. The number of ether oxygens (including phenoxy) is 1. The highest BCUT2D eigenvalue weighted by Gasteiger charge is 2.33. The number of likely N-dealkylation sites (tertiary alicyclic amines) is 1. The molecule has 2 atom stereocenters. The molecule has 0 radical (unpaired) electrons. The molecule has 2 aliphatic rings. The lowest BCUT2D eigenvalue weighted by Gasteiger charge is -2.39. The summed E-state index contributed by atoms with van der Waals surface area (Å²) in [5.74, 6) is 0.987. The maximum Gasteiger partial charge on any atom is 0.409 e. The number of nitrogens with zero attached hydrogens (tertiary/aromatic N) is 2. The van der Waals surface area contributed by atoms with Gasteiger partial charge in [-0.3, -0.25) is 4.98 Å². The van der Waals surface area contributed by atoms with Gasteiger partial charge < -0.3 is 9.64 Å². The molecular formula is C16H20N2O2. The van der Waals surface area contributed by atoms with Crippen molar-refractivity contribution in [3.63, 3.8) is 0 Å². The highest BCUT2D eigenvalue weighted by atomic mass is 16.6. The number of hydrogen-bond acceptors (Lipinski definition) is 3. The van der Waals surface area contributed by atoms with Crippen LogP contribution in [0.25, 0.3) is 5.57 Å². The minimum atomic E-state index is -0.166. The average molecular weight is 272 g/mol. The van der Waals surface area contributed by atoms with Crippen LogP contribution in [0.1, 0.15) is 25.3 Å². The van der Waals surface area contributed by atoms with Crippen molar-refractivity contribution in [3.8, 4) is 0 Å². The molecule has 20 heavy (non-hydrogen) atoms. The number of carbonyl (C=O) groups excluding carboxylic acids is 1. The molecule has 4 heteroatoms. The summed E-state index contributed by atoms with van der Waals surface area (Å²) in [5.41, 5.74) is 2.59. The van der Waals surface area contributed by atoms with Crippen molar-refractivity contribution in [1.82, 2.24) is 9.88 Å². The SMILES string of the molecule is CCOC(=O)N1CC2C=C(c3cccnc3)CC(C2)C1. The fourth-order valence-corrected chi connectivity index (χ4v) is 3.31. The van der Waals surface area contributed by atoms with Crippen molar-refractivity contribution in [3.05, 3.63) is 36.2 Å². The predicted octanol–water partition coefficient (Wildman–Crippen LogP) is 2.96. The summed E-state index contributed by atoms with van der Waals surface area (Å²) in [6, 6.07) is 4.09. The highest BCUT2D eigenvalue weighted by Crippen LogP contribution is 2.37.